The Hall–Kier alpha value is -1.06. The summed E-state index contributed by atoms with van der Waals surface area (Å²) in [5.74, 6) is -2.89. The van der Waals surface area contributed by atoms with Gasteiger partial charge in [-0.15, -0.1) is 0 Å². The molecule has 4 heteroatoms. The summed E-state index contributed by atoms with van der Waals surface area (Å²) in [6, 6.07) is 0. The molecule has 0 aromatic heterocycles. The van der Waals surface area contributed by atoms with Gasteiger partial charge in [0.05, 0.1) is 7.11 Å². The average Bonchev–Trinajstić information content (AvgIpc) is 2.03. The number of carboxylic acids is 1. The highest BCUT2D eigenvalue weighted by molar-refractivity contribution is 5.94. The van der Waals surface area contributed by atoms with Crippen molar-refractivity contribution < 1.29 is 19.4 Å². The van der Waals surface area contributed by atoms with Crippen LogP contribution < -0.4 is 0 Å². The molecule has 0 saturated heterocycles. The molecule has 0 rings (SSSR count). The van der Waals surface area contributed by atoms with Gasteiger partial charge in [-0.3, -0.25) is 9.59 Å². The van der Waals surface area contributed by atoms with E-state index in [-0.39, 0.29) is 0 Å². The normalized spacial score (nSPS) is 13.5. The Labute approximate surface area is 77.9 Å². The fourth-order valence-corrected chi connectivity index (χ4v) is 1.08. The number of carbonyl (C=O) groups is 2. The molecule has 0 radical (unpaired) electrons. The minimum atomic E-state index is -1.13. The van der Waals surface area contributed by atoms with Crippen molar-refractivity contribution in [1.29, 1.82) is 0 Å². The van der Waals surface area contributed by atoms with E-state index < -0.39 is 23.3 Å². The maximum atomic E-state index is 11.2. The highest BCUT2D eigenvalue weighted by Gasteiger charge is 2.40. The molecule has 0 fully saturated rings. The number of methoxy groups -OCH3 is 1. The maximum Gasteiger partial charge on any atom is 0.320 e. The van der Waals surface area contributed by atoms with Crippen molar-refractivity contribution in [3.63, 3.8) is 0 Å². The molecule has 0 aromatic carbocycles. The van der Waals surface area contributed by atoms with Crippen molar-refractivity contribution in [1.82, 2.24) is 0 Å². The van der Waals surface area contributed by atoms with Gasteiger partial charge in [-0.2, -0.15) is 0 Å². The topological polar surface area (TPSA) is 63.6 Å². The van der Waals surface area contributed by atoms with Crippen LogP contribution in [0.5, 0.6) is 0 Å². The predicted octanol–water partition coefficient (Wildman–Crippen LogP) is 1.30. The third-order valence-corrected chi connectivity index (χ3v) is 2.38. The summed E-state index contributed by atoms with van der Waals surface area (Å²) in [5.41, 5.74) is -0.571. The number of ether oxygens (including phenoxy) is 1. The smallest absolute Gasteiger partial charge is 0.320 e. The van der Waals surface area contributed by atoms with Crippen LogP contribution in [-0.2, 0) is 14.3 Å². The lowest BCUT2D eigenvalue weighted by Crippen LogP contribution is -2.37. The molecule has 0 aliphatic rings. The summed E-state index contributed by atoms with van der Waals surface area (Å²) < 4.78 is 4.44. The summed E-state index contributed by atoms with van der Waals surface area (Å²) >= 11 is 0. The lowest BCUT2D eigenvalue weighted by atomic mass is 9.77. The molecule has 1 atom stereocenters. The summed E-state index contributed by atoms with van der Waals surface area (Å²) in [7, 11) is 1.20. The average molecular weight is 188 g/mol. The Morgan fingerprint density at radius 2 is 1.92 bits per heavy atom. The number of hydrogen-bond donors (Lipinski definition) is 1. The van der Waals surface area contributed by atoms with Crippen LogP contribution in [0.4, 0.5) is 0 Å². The highest BCUT2D eigenvalue weighted by Crippen LogP contribution is 2.31. The number of aliphatic carboxylic acids is 1. The Morgan fingerprint density at radius 1 is 1.46 bits per heavy atom. The second-order valence-electron chi connectivity index (χ2n) is 3.64. The van der Waals surface area contributed by atoms with Crippen LogP contribution in [0.2, 0.25) is 0 Å². The van der Waals surface area contributed by atoms with Crippen molar-refractivity contribution >= 4 is 11.9 Å². The number of rotatable bonds is 4. The van der Waals surface area contributed by atoms with Gasteiger partial charge >= 0.3 is 11.9 Å². The van der Waals surface area contributed by atoms with E-state index in [1.807, 2.05) is 6.92 Å². The number of hydrogen-bond acceptors (Lipinski definition) is 3. The molecule has 1 unspecified atom stereocenters. The van der Waals surface area contributed by atoms with Crippen LogP contribution in [-0.4, -0.2) is 24.2 Å². The molecule has 1 N–H and O–H groups in total. The molecule has 0 saturated carbocycles. The largest absolute Gasteiger partial charge is 0.481 e. The summed E-state index contributed by atoms with van der Waals surface area (Å²) in [4.78, 5) is 22.0. The van der Waals surface area contributed by atoms with E-state index in [2.05, 4.69) is 4.74 Å². The van der Waals surface area contributed by atoms with Gasteiger partial charge in [0.2, 0.25) is 0 Å². The lowest BCUT2D eigenvalue weighted by molar-refractivity contribution is -0.162. The first-order valence-electron chi connectivity index (χ1n) is 4.17. The van der Waals surface area contributed by atoms with E-state index in [1.54, 1.807) is 13.8 Å². The van der Waals surface area contributed by atoms with E-state index in [4.69, 9.17) is 5.11 Å². The van der Waals surface area contributed by atoms with Gasteiger partial charge < -0.3 is 9.84 Å². The zero-order chi connectivity index (χ0) is 10.6. The van der Waals surface area contributed by atoms with Crippen molar-refractivity contribution in [2.24, 2.45) is 11.3 Å². The Bertz CT molecular complexity index is 208. The quantitative estimate of drug-likeness (QED) is 0.533. The van der Waals surface area contributed by atoms with Crippen LogP contribution >= 0.6 is 0 Å². The van der Waals surface area contributed by atoms with E-state index in [0.29, 0.717) is 6.42 Å². The van der Waals surface area contributed by atoms with Crippen molar-refractivity contribution in [3.05, 3.63) is 0 Å². The zero-order valence-electron chi connectivity index (χ0n) is 8.46. The van der Waals surface area contributed by atoms with Gasteiger partial charge in [-0.25, -0.2) is 0 Å². The summed E-state index contributed by atoms with van der Waals surface area (Å²) in [6.07, 6.45) is 0.610. The number of esters is 1. The predicted molar refractivity (Wildman–Crippen MR) is 47.2 cm³/mol. The van der Waals surface area contributed by atoms with Gasteiger partial charge in [0.25, 0.3) is 0 Å². The third-order valence-electron chi connectivity index (χ3n) is 2.38. The van der Waals surface area contributed by atoms with Gasteiger partial charge in [0.15, 0.2) is 5.92 Å². The van der Waals surface area contributed by atoms with Crippen molar-refractivity contribution in [2.45, 2.75) is 27.2 Å². The van der Waals surface area contributed by atoms with Gasteiger partial charge in [-0.05, 0) is 11.8 Å². The first-order chi connectivity index (χ1) is 5.86. The third kappa shape index (κ3) is 2.72. The first-order valence-corrected chi connectivity index (χ1v) is 4.17. The minimum absolute atomic E-state index is 0.571. The molecule has 0 bridgehead atoms. The summed E-state index contributed by atoms with van der Waals surface area (Å²) in [5, 5.41) is 8.84. The molecule has 0 aliphatic carbocycles. The molecular weight excluding hydrogens is 172 g/mol. The Morgan fingerprint density at radius 3 is 2.15 bits per heavy atom. The molecule has 0 aromatic rings. The van der Waals surface area contributed by atoms with Gasteiger partial charge in [0, 0.05) is 0 Å². The fourth-order valence-electron chi connectivity index (χ4n) is 1.08. The van der Waals surface area contributed by atoms with E-state index in [9.17, 15) is 9.59 Å². The first kappa shape index (κ1) is 11.9. The van der Waals surface area contributed by atoms with E-state index >= 15 is 0 Å². The van der Waals surface area contributed by atoms with Crippen LogP contribution in [0.3, 0.4) is 0 Å². The Balaban J connectivity index is 4.81. The fraction of sp³-hybridized carbons (Fsp3) is 0.778. The monoisotopic (exact) mass is 188 g/mol. The number of carboxylic acid groups (broad SMARTS) is 1. The van der Waals surface area contributed by atoms with Crippen LogP contribution in [0.1, 0.15) is 27.2 Å². The molecule has 0 heterocycles. The van der Waals surface area contributed by atoms with E-state index in [0.717, 1.165) is 0 Å². The molecule has 0 spiro atoms. The second-order valence-corrected chi connectivity index (χ2v) is 3.64. The van der Waals surface area contributed by atoms with Crippen LogP contribution in [0.15, 0.2) is 0 Å². The minimum Gasteiger partial charge on any atom is -0.481 e. The lowest BCUT2D eigenvalue weighted by Gasteiger charge is -2.27. The van der Waals surface area contributed by atoms with Crippen LogP contribution in [0.25, 0.3) is 0 Å². The van der Waals surface area contributed by atoms with Crippen molar-refractivity contribution in [2.75, 3.05) is 7.11 Å². The van der Waals surface area contributed by atoms with Gasteiger partial charge in [-0.1, -0.05) is 20.8 Å². The molecule has 76 valence electrons. The molecule has 4 nitrogen and oxygen atoms in total. The Kier molecular flexibility index (Phi) is 3.91. The highest BCUT2D eigenvalue weighted by atomic mass is 16.5. The molecular formula is C9H16O4. The van der Waals surface area contributed by atoms with Gasteiger partial charge in [0.1, 0.15) is 0 Å². The molecule has 13 heavy (non-hydrogen) atoms. The summed E-state index contributed by atoms with van der Waals surface area (Å²) in [6.45, 7) is 5.32. The number of carbonyl (C=O) groups excluding carboxylic acids is 1. The zero-order valence-corrected chi connectivity index (χ0v) is 8.46. The standard InChI is InChI=1S/C9H16O4/c1-5-9(2,3)6(7(10)11)8(12)13-4/h6H,5H2,1-4H3,(H,10,11). The van der Waals surface area contributed by atoms with Crippen molar-refractivity contribution in [3.8, 4) is 0 Å². The second kappa shape index (κ2) is 4.25. The molecule has 0 aliphatic heterocycles. The molecule has 0 amide bonds. The maximum absolute atomic E-state index is 11.2. The van der Waals surface area contributed by atoms with Crippen LogP contribution in [0, 0.1) is 11.3 Å². The van der Waals surface area contributed by atoms with E-state index in [1.165, 1.54) is 7.11 Å². The SMILES string of the molecule is CCC(C)(C)C(C(=O)O)C(=O)OC.